The lowest BCUT2D eigenvalue weighted by Gasteiger charge is -2.37. The molecule has 0 atom stereocenters. The highest BCUT2D eigenvalue weighted by Crippen LogP contribution is 2.33. The number of amides is 1. The van der Waals surface area contributed by atoms with Gasteiger partial charge in [0.1, 0.15) is 0 Å². The van der Waals surface area contributed by atoms with Crippen LogP contribution < -0.4 is 10.2 Å². The molecule has 0 aromatic heterocycles. The van der Waals surface area contributed by atoms with Crippen LogP contribution in [-0.2, 0) is 6.42 Å². The molecule has 1 aliphatic carbocycles. The molecule has 6 heteroatoms. The second-order valence-electron chi connectivity index (χ2n) is 9.39. The van der Waals surface area contributed by atoms with Gasteiger partial charge in [0.05, 0.1) is 0 Å². The van der Waals surface area contributed by atoms with Gasteiger partial charge >= 0.3 is 0 Å². The van der Waals surface area contributed by atoms with Crippen molar-refractivity contribution in [1.82, 2.24) is 10.2 Å². The van der Waals surface area contributed by atoms with Crippen molar-refractivity contribution in [3.8, 4) is 11.1 Å². The average molecular weight is 488 g/mol. The number of anilines is 1. The van der Waals surface area contributed by atoms with E-state index < -0.39 is 0 Å². The Morgan fingerprint density at radius 3 is 2.51 bits per heavy atom. The van der Waals surface area contributed by atoms with Crippen molar-refractivity contribution in [1.29, 1.82) is 0 Å². The Bertz CT molecular complexity index is 1260. The normalized spacial score (nSPS) is 15.5. The monoisotopic (exact) mass is 487 g/mol. The maximum atomic E-state index is 12.7. The number of hydrogen-bond acceptors (Lipinski definition) is 4. The number of halogens is 1. The first kappa shape index (κ1) is 23.6. The molecule has 1 heterocycles. The van der Waals surface area contributed by atoms with Gasteiger partial charge in [0.25, 0.3) is 5.91 Å². The first-order valence-electron chi connectivity index (χ1n) is 12.3. The molecular weight excluding hydrogens is 458 g/mol. The molecule has 180 valence electrons. The number of rotatable bonds is 6. The van der Waals surface area contributed by atoms with E-state index in [2.05, 4.69) is 34.2 Å². The third-order valence-electron chi connectivity index (χ3n) is 7.06. The molecule has 3 aromatic rings. The van der Waals surface area contributed by atoms with Crippen molar-refractivity contribution < 1.29 is 9.59 Å². The molecule has 3 aromatic carbocycles. The minimum absolute atomic E-state index is 0.0830. The van der Waals surface area contributed by atoms with E-state index in [1.165, 1.54) is 11.3 Å². The molecule has 1 aliphatic heterocycles. The van der Waals surface area contributed by atoms with Gasteiger partial charge in [0, 0.05) is 61.0 Å². The first-order valence-corrected chi connectivity index (χ1v) is 12.6. The van der Waals surface area contributed by atoms with Gasteiger partial charge < -0.3 is 10.2 Å². The van der Waals surface area contributed by atoms with Crippen molar-refractivity contribution in [2.45, 2.75) is 19.8 Å². The number of carbonyl (C=O) groups is 2. The minimum atomic E-state index is -0.0830. The van der Waals surface area contributed by atoms with Crippen LogP contribution in [0.2, 0.25) is 5.02 Å². The summed E-state index contributed by atoms with van der Waals surface area (Å²) in [6, 6.07) is 19.4. The summed E-state index contributed by atoms with van der Waals surface area (Å²) < 4.78 is 0. The lowest BCUT2D eigenvalue weighted by molar-refractivity contribution is 0.0948. The summed E-state index contributed by atoms with van der Waals surface area (Å²) in [5.74, 6) is 0.0247. The quantitative estimate of drug-likeness (QED) is 0.497. The number of nitrogens with one attached hydrogen (secondary N) is 1. The highest BCUT2D eigenvalue weighted by molar-refractivity contribution is 6.30. The fourth-order valence-corrected chi connectivity index (χ4v) is 5.28. The summed E-state index contributed by atoms with van der Waals surface area (Å²) in [7, 11) is 0. The predicted molar refractivity (Wildman–Crippen MR) is 142 cm³/mol. The zero-order valence-corrected chi connectivity index (χ0v) is 20.8. The Morgan fingerprint density at radius 1 is 0.943 bits per heavy atom. The summed E-state index contributed by atoms with van der Waals surface area (Å²) in [5.41, 5.74) is 6.78. The van der Waals surface area contributed by atoms with Gasteiger partial charge in [0.2, 0.25) is 0 Å². The summed E-state index contributed by atoms with van der Waals surface area (Å²) in [4.78, 5) is 30.1. The number of Topliss-reactive ketones (excluding diaryl/α,β-unsaturated/α-hetero) is 1. The van der Waals surface area contributed by atoms with Crippen molar-refractivity contribution in [2.75, 3.05) is 44.2 Å². The molecule has 5 nitrogen and oxygen atoms in total. The molecule has 0 bridgehead atoms. The molecular formula is C29H30ClN3O2. The zero-order chi connectivity index (χ0) is 24.4. The summed E-state index contributed by atoms with van der Waals surface area (Å²) in [6.07, 6.45) is 1.24. The summed E-state index contributed by atoms with van der Waals surface area (Å²) in [5, 5.41) is 3.83. The maximum absolute atomic E-state index is 12.7. The van der Waals surface area contributed by atoms with E-state index in [1.54, 1.807) is 0 Å². The van der Waals surface area contributed by atoms with E-state index in [4.69, 9.17) is 11.6 Å². The van der Waals surface area contributed by atoms with E-state index >= 15 is 0 Å². The van der Waals surface area contributed by atoms with Crippen LogP contribution in [-0.4, -0.2) is 55.9 Å². The standard InChI is InChI=1S/C29H30ClN3O2/c1-20-7-9-23(30)19-27(20)33-15-13-32(14-16-33)12-4-11-31-29(35)21-8-10-24-22(17-21)18-28(34)26-6-3-2-5-25(24)26/h2-3,5-10,17,19H,4,11-16,18H2,1H3,(H,31,35). The van der Waals surface area contributed by atoms with Crippen LogP contribution in [0.1, 0.15) is 38.3 Å². The van der Waals surface area contributed by atoms with Gasteiger partial charge in [-0.25, -0.2) is 0 Å². The molecule has 0 radical (unpaired) electrons. The van der Waals surface area contributed by atoms with Crippen LogP contribution in [0.25, 0.3) is 11.1 Å². The number of fused-ring (bicyclic) bond motifs is 3. The molecule has 35 heavy (non-hydrogen) atoms. The van der Waals surface area contributed by atoms with Crippen molar-refractivity contribution in [3.63, 3.8) is 0 Å². The maximum Gasteiger partial charge on any atom is 0.251 e. The third kappa shape index (κ3) is 5.12. The topological polar surface area (TPSA) is 52.6 Å². The van der Waals surface area contributed by atoms with E-state index in [1.807, 2.05) is 48.5 Å². The number of ketones is 1. The number of hydrogen-bond donors (Lipinski definition) is 1. The second kappa shape index (κ2) is 10.2. The van der Waals surface area contributed by atoms with Crippen LogP contribution in [0.5, 0.6) is 0 Å². The fraction of sp³-hybridized carbons (Fsp3) is 0.310. The minimum Gasteiger partial charge on any atom is -0.369 e. The molecule has 0 unspecified atom stereocenters. The van der Waals surface area contributed by atoms with Crippen molar-refractivity contribution >= 4 is 29.0 Å². The van der Waals surface area contributed by atoms with Crippen LogP contribution in [0.15, 0.2) is 60.7 Å². The molecule has 1 saturated heterocycles. The van der Waals surface area contributed by atoms with E-state index in [-0.39, 0.29) is 11.7 Å². The average Bonchev–Trinajstić information content (AvgIpc) is 2.88. The lowest BCUT2D eigenvalue weighted by atomic mass is 9.84. The number of piperazine rings is 1. The largest absolute Gasteiger partial charge is 0.369 e. The summed E-state index contributed by atoms with van der Waals surface area (Å²) >= 11 is 6.19. The number of benzene rings is 3. The molecule has 0 saturated carbocycles. The predicted octanol–water partition coefficient (Wildman–Crippen LogP) is 5.00. The van der Waals surface area contributed by atoms with Crippen molar-refractivity contribution in [3.05, 3.63) is 87.9 Å². The number of nitrogens with zero attached hydrogens (tertiary/aromatic N) is 2. The van der Waals surface area contributed by atoms with Crippen LogP contribution in [0.3, 0.4) is 0 Å². The molecule has 1 fully saturated rings. The molecule has 1 N–H and O–H groups in total. The number of aryl methyl sites for hydroxylation is 1. The van der Waals surface area contributed by atoms with Crippen LogP contribution >= 0.6 is 11.6 Å². The Hall–Kier alpha value is -3.15. The van der Waals surface area contributed by atoms with E-state index in [0.717, 1.165) is 66.4 Å². The molecule has 1 amide bonds. The van der Waals surface area contributed by atoms with Crippen LogP contribution in [0, 0.1) is 6.92 Å². The van der Waals surface area contributed by atoms with E-state index in [0.29, 0.717) is 18.5 Å². The van der Waals surface area contributed by atoms with Gasteiger partial charge in [-0.05, 0) is 66.4 Å². The Balaban J connectivity index is 1.10. The van der Waals surface area contributed by atoms with Gasteiger partial charge in [-0.2, -0.15) is 0 Å². The molecule has 5 rings (SSSR count). The van der Waals surface area contributed by atoms with Gasteiger partial charge in [-0.1, -0.05) is 48.0 Å². The number of carbonyl (C=O) groups excluding carboxylic acids is 2. The molecule has 0 spiro atoms. The Morgan fingerprint density at radius 2 is 1.71 bits per heavy atom. The zero-order valence-electron chi connectivity index (χ0n) is 20.0. The highest BCUT2D eigenvalue weighted by Gasteiger charge is 2.23. The molecule has 2 aliphatic rings. The van der Waals surface area contributed by atoms with Gasteiger partial charge in [-0.3, -0.25) is 14.5 Å². The fourth-order valence-electron chi connectivity index (χ4n) is 5.12. The highest BCUT2D eigenvalue weighted by atomic mass is 35.5. The smallest absolute Gasteiger partial charge is 0.251 e. The Kier molecular flexibility index (Phi) is 6.89. The SMILES string of the molecule is Cc1ccc(Cl)cc1N1CCN(CCCNC(=O)c2ccc3c(c2)CC(=O)c2ccccc2-3)CC1. The Labute approximate surface area is 211 Å². The van der Waals surface area contributed by atoms with E-state index in [9.17, 15) is 9.59 Å². The van der Waals surface area contributed by atoms with Gasteiger partial charge in [0.15, 0.2) is 5.78 Å². The van der Waals surface area contributed by atoms with Crippen LogP contribution in [0.4, 0.5) is 5.69 Å². The van der Waals surface area contributed by atoms with Crippen molar-refractivity contribution in [2.24, 2.45) is 0 Å². The summed E-state index contributed by atoms with van der Waals surface area (Å²) in [6.45, 7) is 7.67. The van der Waals surface area contributed by atoms with Gasteiger partial charge in [-0.15, -0.1) is 0 Å². The third-order valence-corrected chi connectivity index (χ3v) is 7.29. The second-order valence-corrected chi connectivity index (χ2v) is 9.82. The first-order chi connectivity index (χ1) is 17.0. The lowest BCUT2D eigenvalue weighted by Crippen LogP contribution is -2.47.